The molecule has 2 bridgehead atoms. The SMILES string of the molecule is COc1cccc(C(=O)N2CCN(C3CC4CCC3C4)CC2)c1. The highest BCUT2D eigenvalue weighted by Crippen LogP contribution is 2.46. The average molecular weight is 314 g/mol. The van der Waals surface area contributed by atoms with Crippen molar-refractivity contribution in [3.05, 3.63) is 29.8 Å². The van der Waals surface area contributed by atoms with Crippen molar-refractivity contribution in [3.63, 3.8) is 0 Å². The number of hydrogen-bond acceptors (Lipinski definition) is 3. The van der Waals surface area contributed by atoms with Crippen molar-refractivity contribution in [1.29, 1.82) is 0 Å². The van der Waals surface area contributed by atoms with Crippen LogP contribution in [0.1, 0.15) is 36.0 Å². The quantitative estimate of drug-likeness (QED) is 0.860. The van der Waals surface area contributed by atoms with Gasteiger partial charge in [0.15, 0.2) is 0 Å². The van der Waals surface area contributed by atoms with E-state index in [1.54, 1.807) is 7.11 Å². The van der Waals surface area contributed by atoms with Crippen molar-refractivity contribution in [3.8, 4) is 5.75 Å². The molecule has 2 saturated carbocycles. The highest BCUT2D eigenvalue weighted by atomic mass is 16.5. The van der Waals surface area contributed by atoms with Crippen LogP contribution in [-0.4, -0.2) is 55.0 Å². The molecule has 1 saturated heterocycles. The molecule has 0 spiro atoms. The van der Waals surface area contributed by atoms with Crippen LogP contribution in [0.3, 0.4) is 0 Å². The molecule has 1 amide bonds. The van der Waals surface area contributed by atoms with E-state index in [2.05, 4.69) is 4.90 Å². The zero-order valence-corrected chi connectivity index (χ0v) is 13.9. The molecule has 0 radical (unpaired) electrons. The van der Waals surface area contributed by atoms with E-state index in [1.807, 2.05) is 29.2 Å². The summed E-state index contributed by atoms with van der Waals surface area (Å²) in [5.74, 6) is 2.80. The molecule has 3 fully saturated rings. The molecule has 4 heteroatoms. The minimum atomic E-state index is 0.136. The van der Waals surface area contributed by atoms with E-state index in [1.165, 1.54) is 25.7 Å². The Labute approximate surface area is 138 Å². The number of hydrogen-bond donors (Lipinski definition) is 0. The number of benzene rings is 1. The summed E-state index contributed by atoms with van der Waals surface area (Å²) >= 11 is 0. The first-order valence-corrected chi connectivity index (χ1v) is 8.92. The minimum absolute atomic E-state index is 0.136. The van der Waals surface area contributed by atoms with Crippen LogP contribution in [0.25, 0.3) is 0 Å². The largest absolute Gasteiger partial charge is 0.497 e. The Balaban J connectivity index is 1.36. The van der Waals surface area contributed by atoms with Gasteiger partial charge in [0, 0.05) is 37.8 Å². The third-order valence-electron chi connectivity index (χ3n) is 6.09. The fourth-order valence-corrected chi connectivity index (χ4v) is 4.85. The van der Waals surface area contributed by atoms with E-state index >= 15 is 0 Å². The summed E-state index contributed by atoms with van der Waals surface area (Å²) < 4.78 is 5.23. The van der Waals surface area contributed by atoms with Gasteiger partial charge in [-0.25, -0.2) is 0 Å². The number of amides is 1. The molecule has 4 nitrogen and oxygen atoms in total. The maximum atomic E-state index is 12.7. The van der Waals surface area contributed by atoms with Gasteiger partial charge in [0.2, 0.25) is 0 Å². The zero-order valence-electron chi connectivity index (χ0n) is 13.9. The van der Waals surface area contributed by atoms with Crippen LogP contribution < -0.4 is 4.74 Å². The van der Waals surface area contributed by atoms with Gasteiger partial charge >= 0.3 is 0 Å². The Morgan fingerprint density at radius 1 is 1.13 bits per heavy atom. The number of carbonyl (C=O) groups excluding carboxylic acids is 1. The number of carbonyl (C=O) groups is 1. The highest BCUT2D eigenvalue weighted by molar-refractivity contribution is 5.94. The van der Waals surface area contributed by atoms with Crippen molar-refractivity contribution < 1.29 is 9.53 Å². The van der Waals surface area contributed by atoms with E-state index in [0.717, 1.165) is 55.4 Å². The number of fused-ring (bicyclic) bond motifs is 2. The second-order valence-corrected chi connectivity index (χ2v) is 7.30. The van der Waals surface area contributed by atoms with Gasteiger partial charge in [0.1, 0.15) is 5.75 Å². The predicted molar refractivity (Wildman–Crippen MR) is 89.7 cm³/mol. The number of rotatable bonds is 3. The number of ether oxygens (including phenoxy) is 1. The van der Waals surface area contributed by atoms with E-state index in [-0.39, 0.29) is 5.91 Å². The second kappa shape index (κ2) is 6.16. The smallest absolute Gasteiger partial charge is 0.254 e. The molecule has 3 aliphatic rings. The van der Waals surface area contributed by atoms with Gasteiger partial charge in [0.05, 0.1) is 7.11 Å². The van der Waals surface area contributed by atoms with Gasteiger partial charge in [-0.3, -0.25) is 9.69 Å². The lowest BCUT2D eigenvalue weighted by molar-refractivity contribution is 0.0495. The van der Waals surface area contributed by atoms with Crippen LogP contribution in [-0.2, 0) is 0 Å². The predicted octanol–water partition coefficient (Wildman–Crippen LogP) is 2.64. The van der Waals surface area contributed by atoms with Crippen LogP contribution in [0.5, 0.6) is 5.75 Å². The monoisotopic (exact) mass is 314 g/mol. The normalized spacial score (nSPS) is 30.7. The molecule has 1 aromatic rings. The van der Waals surface area contributed by atoms with Crippen molar-refractivity contribution in [2.45, 2.75) is 31.7 Å². The standard InChI is InChI=1S/C19H26N2O2/c1-23-17-4-2-3-16(13-17)19(22)21-9-7-20(8-10-21)18-12-14-5-6-15(18)11-14/h2-4,13-15,18H,5-12H2,1H3. The van der Waals surface area contributed by atoms with Crippen LogP contribution in [0, 0.1) is 11.8 Å². The Morgan fingerprint density at radius 3 is 2.61 bits per heavy atom. The summed E-state index contributed by atoms with van der Waals surface area (Å²) in [5.41, 5.74) is 0.734. The van der Waals surface area contributed by atoms with Crippen LogP contribution in [0.15, 0.2) is 24.3 Å². The highest BCUT2D eigenvalue weighted by Gasteiger charge is 2.42. The van der Waals surface area contributed by atoms with Gasteiger partial charge in [0.25, 0.3) is 5.91 Å². The molecular formula is C19H26N2O2. The molecule has 0 aromatic heterocycles. The maximum Gasteiger partial charge on any atom is 0.254 e. The summed E-state index contributed by atoms with van der Waals surface area (Å²) in [6, 6.07) is 8.28. The van der Waals surface area contributed by atoms with E-state index in [9.17, 15) is 4.79 Å². The fourth-order valence-electron chi connectivity index (χ4n) is 4.85. The third-order valence-corrected chi connectivity index (χ3v) is 6.09. The fraction of sp³-hybridized carbons (Fsp3) is 0.632. The summed E-state index contributed by atoms with van der Waals surface area (Å²) in [6.45, 7) is 3.76. The second-order valence-electron chi connectivity index (χ2n) is 7.30. The van der Waals surface area contributed by atoms with Gasteiger partial charge < -0.3 is 9.64 Å². The molecule has 2 aliphatic carbocycles. The Bertz CT molecular complexity index is 580. The van der Waals surface area contributed by atoms with Gasteiger partial charge in [-0.2, -0.15) is 0 Å². The van der Waals surface area contributed by atoms with E-state index in [0.29, 0.717) is 0 Å². The van der Waals surface area contributed by atoms with Crippen molar-refractivity contribution in [2.24, 2.45) is 11.8 Å². The first kappa shape index (κ1) is 15.0. The molecule has 1 heterocycles. The zero-order chi connectivity index (χ0) is 15.8. The molecular weight excluding hydrogens is 288 g/mol. The summed E-state index contributed by atoms with van der Waals surface area (Å²) in [7, 11) is 1.64. The van der Waals surface area contributed by atoms with Crippen LogP contribution in [0.4, 0.5) is 0 Å². The Hall–Kier alpha value is -1.55. The van der Waals surface area contributed by atoms with Crippen molar-refractivity contribution in [1.82, 2.24) is 9.80 Å². The van der Waals surface area contributed by atoms with Gasteiger partial charge in [-0.1, -0.05) is 12.5 Å². The van der Waals surface area contributed by atoms with Crippen LogP contribution in [0.2, 0.25) is 0 Å². The summed E-state index contributed by atoms with van der Waals surface area (Å²) in [4.78, 5) is 17.3. The average Bonchev–Trinajstić information content (AvgIpc) is 3.24. The van der Waals surface area contributed by atoms with E-state index < -0.39 is 0 Å². The van der Waals surface area contributed by atoms with Crippen molar-refractivity contribution in [2.75, 3.05) is 33.3 Å². The number of methoxy groups -OCH3 is 1. The number of piperazine rings is 1. The molecule has 23 heavy (non-hydrogen) atoms. The van der Waals surface area contributed by atoms with Crippen molar-refractivity contribution >= 4 is 5.91 Å². The van der Waals surface area contributed by atoms with Crippen LogP contribution >= 0.6 is 0 Å². The lowest BCUT2D eigenvalue weighted by Gasteiger charge is -2.41. The molecule has 3 unspecified atom stereocenters. The van der Waals surface area contributed by atoms with Gasteiger partial charge in [-0.15, -0.1) is 0 Å². The molecule has 1 aliphatic heterocycles. The minimum Gasteiger partial charge on any atom is -0.497 e. The molecule has 4 rings (SSSR count). The first-order valence-electron chi connectivity index (χ1n) is 8.92. The third kappa shape index (κ3) is 2.85. The molecule has 1 aromatic carbocycles. The Morgan fingerprint density at radius 2 is 1.96 bits per heavy atom. The first-order chi connectivity index (χ1) is 11.2. The van der Waals surface area contributed by atoms with E-state index in [4.69, 9.17) is 4.74 Å². The molecule has 0 N–H and O–H groups in total. The molecule has 124 valence electrons. The lowest BCUT2D eigenvalue weighted by atomic mass is 9.93. The summed E-state index contributed by atoms with van der Waals surface area (Å²) in [6.07, 6.45) is 5.73. The Kier molecular flexibility index (Phi) is 4.02. The number of nitrogens with zero attached hydrogens (tertiary/aromatic N) is 2. The topological polar surface area (TPSA) is 32.8 Å². The van der Waals surface area contributed by atoms with Gasteiger partial charge in [-0.05, 0) is 49.3 Å². The summed E-state index contributed by atoms with van der Waals surface area (Å²) in [5, 5.41) is 0. The lowest BCUT2D eigenvalue weighted by Crippen LogP contribution is -2.53. The molecule has 3 atom stereocenters. The maximum absolute atomic E-state index is 12.7.